The Morgan fingerprint density at radius 2 is 1.57 bits per heavy atom. The van der Waals surface area contributed by atoms with Gasteiger partial charge in [-0.15, -0.1) is 0 Å². The standard InChI is InChI=1S/C21H18BrFN2O4S/c22-17-8-6-16(7-9-17)21(23)14-15-24(18-4-2-1-3-5-18)30(28,29)20-12-10-19(11-13-20)25(26)27/h1-13,21H,14-15H2. The van der Waals surface area contributed by atoms with E-state index in [9.17, 15) is 22.9 Å². The molecule has 30 heavy (non-hydrogen) atoms. The fraction of sp³-hybridized carbons (Fsp3) is 0.143. The molecule has 156 valence electrons. The number of nitro benzene ring substituents is 1. The van der Waals surface area contributed by atoms with Gasteiger partial charge in [0.05, 0.1) is 15.5 Å². The Hall–Kier alpha value is -2.78. The highest BCUT2D eigenvalue weighted by molar-refractivity contribution is 9.10. The average Bonchev–Trinajstić information content (AvgIpc) is 2.75. The predicted octanol–water partition coefficient (Wildman–Crippen LogP) is 5.65. The summed E-state index contributed by atoms with van der Waals surface area (Å²) in [6.07, 6.45) is -1.40. The smallest absolute Gasteiger partial charge is 0.266 e. The van der Waals surface area contributed by atoms with Crippen LogP contribution < -0.4 is 4.31 Å². The summed E-state index contributed by atoms with van der Waals surface area (Å²) in [6, 6.07) is 19.8. The number of para-hydroxylation sites is 1. The molecule has 3 rings (SSSR count). The van der Waals surface area contributed by atoms with Crippen molar-refractivity contribution in [1.29, 1.82) is 0 Å². The van der Waals surface area contributed by atoms with Gasteiger partial charge in [0.1, 0.15) is 6.17 Å². The van der Waals surface area contributed by atoms with Gasteiger partial charge in [0, 0.05) is 29.6 Å². The van der Waals surface area contributed by atoms with Gasteiger partial charge in [-0.2, -0.15) is 0 Å². The summed E-state index contributed by atoms with van der Waals surface area (Å²) in [5.74, 6) is 0. The first-order chi connectivity index (χ1) is 14.3. The van der Waals surface area contributed by atoms with Crippen LogP contribution in [0.3, 0.4) is 0 Å². The van der Waals surface area contributed by atoms with Crippen LogP contribution in [0.2, 0.25) is 0 Å². The van der Waals surface area contributed by atoms with Crippen molar-refractivity contribution in [3.05, 3.63) is 99.0 Å². The molecule has 1 atom stereocenters. The van der Waals surface area contributed by atoms with Gasteiger partial charge >= 0.3 is 0 Å². The van der Waals surface area contributed by atoms with Gasteiger partial charge in [-0.05, 0) is 42.0 Å². The Bertz CT molecular complexity index is 1110. The van der Waals surface area contributed by atoms with Crippen molar-refractivity contribution < 1.29 is 17.7 Å². The van der Waals surface area contributed by atoms with Crippen LogP contribution in [0.25, 0.3) is 0 Å². The maximum absolute atomic E-state index is 14.8. The Labute approximate surface area is 182 Å². The monoisotopic (exact) mass is 492 g/mol. The fourth-order valence-corrected chi connectivity index (χ4v) is 4.66. The van der Waals surface area contributed by atoms with Crippen molar-refractivity contribution in [3.63, 3.8) is 0 Å². The molecule has 0 N–H and O–H groups in total. The molecule has 0 heterocycles. The minimum atomic E-state index is -4.04. The molecule has 0 fully saturated rings. The minimum absolute atomic E-state index is 0.0528. The molecular formula is C21H18BrFN2O4S. The largest absolute Gasteiger partial charge is 0.269 e. The van der Waals surface area contributed by atoms with Gasteiger partial charge in [-0.25, -0.2) is 12.8 Å². The summed E-state index contributed by atoms with van der Waals surface area (Å²) in [7, 11) is -4.04. The molecule has 0 aliphatic heterocycles. The third kappa shape index (κ3) is 5.03. The molecule has 0 aliphatic carbocycles. The normalized spacial score (nSPS) is 12.3. The number of benzene rings is 3. The van der Waals surface area contributed by atoms with Gasteiger partial charge in [-0.1, -0.05) is 46.3 Å². The summed E-state index contributed by atoms with van der Waals surface area (Å²) in [4.78, 5) is 10.2. The van der Waals surface area contributed by atoms with Crippen molar-refractivity contribution in [1.82, 2.24) is 0 Å². The number of sulfonamides is 1. The van der Waals surface area contributed by atoms with Crippen LogP contribution in [0.15, 0.2) is 88.2 Å². The van der Waals surface area contributed by atoms with Crippen molar-refractivity contribution in [2.75, 3.05) is 10.8 Å². The van der Waals surface area contributed by atoms with Gasteiger partial charge in [0.15, 0.2) is 0 Å². The summed E-state index contributed by atoms with van der Waals surface area (Å²) >= 11 is 3.30. The summed E-state index contributed by atoms with van der Waals surface area (Å²) < 4.78 is 43.2. The zero-order chi connectivity index (χ0) is 21.7. The maximum Gasteiger partial charge on any atom is 0.269 e. The first-order valence-electron chi connectivity index (χ1n) is 9.01. The van der Waals surface area contributed by atoms with Crippen LogP contribution >= 0.6 is 15.9 Å². The molecule has 0 radical (unpaired) electrons. The molecule has 3 aromatic rings. The molecule has 3 aromatic carbocycles. The topological polar surface area (TPSA) is 80.5 Å². The molecule has 0 saturated carbocycles. The lowest BCUT2D eigenvalue weighted by Gasteiger charge is -2.25. The van der Waals surface area contributed by atoms with Gasteiger partial charge < -0.3 is 0 Å². The zero-order valence-electron chi connectivity index (χ0n) is 15.7. The first-order valence-corrected chi connectivity index (χ1v) is 11.2. The van der Waals surface area contributed by atoms with Crippen LogP contribution in [0, 0.1) is 10.1 Å². The molecule has 0 spiro atoms. The number of non-ortho nitro benzene ring substituents is 1. The van der Waals surface area contributed by atoms with E-state index < -0.39 is 21.1 Å². The Balaban J connectivity index is 1.88. The van der Waals surface area contributed by atoms with E-state index in [4.69, 9.17) is 0 Å². The van der Waals surface area contributed by atoms with Crippen molar-refractivity contribution >= 4 is 37.3 Å². The maximum atomic E-state index is 14.8. The number of nitro groups is 1. The molecule has 0 saturated heterocycles. The minimum Gasteiger partial charge on any atom is -0.266 e. The first kappa shape index (κ1) is 21.9. The Morgan fingerprint density at radius 1 is 0.967 bits per heavy atom. The quantitative estimate of drug-likeness (QED) is 0.300. The SMILES string of the molecule is O=[N+]([O-])c1ccc(S(=O)(=O)N(CCC(F)c2ccc(Br)cc2)c2ccccc2)cc1. The van der Waals surface area contributed by atoms with E-state index in [2.05, 4.69) is 15.9 Å². The number of hydrogen-bond donors (Lipinski definition) is 0. The zero-order valence-corrected chi connectivity index (χ0v) is 18.1. The summed E-state index contributed by atoms with van der Waals surface area (Å²) in [5, 5.41) is 10.9. The van der Waals surface area contributed by atoms with Crippen LogP contribution in [0.5, 0.6) is 0 Å². The number of alkyl halides is 1. The number of anilines is 1. The van der Waals surface area contributed by atoms with E-state index in [1.165, 1.54) is 12.1 Å². The van der Waals surface area contributed by atoms with Crippen LogP contribution in [0.1, 0.15) is 18.2 Å². The molecule has 6 nitrogen and oxygen atoms in total. The van der Waals surface area contributed by atoms with E-state index in [1.807, 2.05) is 0 Å². The average molecular weight is 493 g/mol. The highest BCUT2D eigenvalue weighted by atomic mass is 79.9. The highest BCUT2D eigenvalue weighted by Crippen LogP contribution is 2.29. The van der Waals surface area contributed by atoms with E-state index in [1.54, 1.807) is 54.6 Å². The molecular weight excluding hydrogens is 475 g/mol. The molecule has 9 heteroatoms. The van der Waals surface area contributed by atoms with Crippen LogP contribution in [-0.2, 0) is 10.0 Å². The molecule has 0 aliphatic rings. The Kier molecular flexibility index (Phi) is 6.84. The predicted molar refractivity (Wildman–Crippen MR) is 117 cm³/mol. The number of halogens is 2. The third-order valence-corrected chi connectivity index (χ3v) is 6.87. The van der Waals surface area contributed by atoms with E-state index >= 15 is 0 Å². The summed E-state index contributed by atoms with van der Waals surface area (Å²) in [6.45, 7) is -0.0967. The van der Waals surface area contributed by atoms with E-state index in [0.717, 1.165) is 20.9 Å². The van der Waals surface area contributed by atoms with Crippen molar-refractivity contribution in [3.8, 4) is 0 Å². The van der Waals surface area contributed by atoms with Gasteiger partial charge in [0.25, 0.3) is 15.7 Å². The second-order valence-corrected chi connectivity index (χ2v) is 9.25. The van der Waals surface area contributed by atoms with Crippen LogP contribution in [-0.4, -0.2) is 19.9 Å². The molecule has 1 unspecified atom stereocenters. The lowest BCUT2D eigenvalue weighted by atomic mass is 10.1. The number of hydrogen-bond acceptors (Lipinski definition) is 4. The van der Waals surface area contributed by atoms with E-state index in [0.29, 0.717) is 11.3 Å². The fourth-order valence-electron chi connectivity index (χ4n) is 2.92. The molecule has 0 aromatic heterocycles. The summed E-state index contributed by atoms with van der Waals surface area (Å²) in [5.41, 5.74) is 0.636. The van der Waals surface area contributed by atoms with Crippen LogP contribution in [0.4, 0.5) is 15.8 Å². The second kappa shape index (κ2) is 9.36. The lowest BCUT2D eigenvalue weighted by molar-refractivity contribution is -0.384. The van der Waals surface area contributed by atoms with Crippen molar-refractivity contribution in [2.45, 2.75) is 17.5 Å². The number of nitrogens with zero attached hydrogens (tertiary/aromatic N) is 2. The van der Waals surface area contributed by atoms with Gasteiger partial charge in [0.2, 0.25) is 0 Å². The van der Waals surface area contributed by atoms with Crippen molar-refractivity contribution in [2.24, 2.45) is 0 Å². The second-order valence-electron chi connectivity index (χ2n) is 6.47. The van der Waals surface area contributed by atoms with E-state index in [-0.39, 0.29) is 23.5 Å². The Morgan fingerprint density at radius 3 is 2.13 bits per heavy atom. The number of rotatable bonds is 8. The lowest BCUT2D eigenvalue weighted by Crippen LogP contribution is -2.32. The highest BCUT2D eigenvalue weighted by Gasteiger charge is 2.26. The molecule has 0 amide bonds. The third-order valence-electron chi connectivity index (χ3n) is 4.50. The molecule has 0 bridgehead atoms. The van der Waals surface area contributed by atoms with Gasteiger partial charge in [-0.3, -0.25) is 14.4 Å².